The molecule has 0 atom stereocenters. The summed E-state index contributed by atoms with van der Waals surface area (Å²) in [4.78, 5) is 14.2. The van der Waals surface area contributed by atoms with Gasteiger partial charge < -0.3 is 15.7 Å². The quantitative estimate of drug-likeness (QED) is 0.286. The minimum absolute atomic E-state index is 0.137. The van der Waals surface area contributed by atoms with Gasteiger partial charge in [-0.1, -0.05) is 11.2 Å². The highest BCUT2D eigenvalue weighted by atomic mass is 79.9. The van der Waals surface area contributed by atoms with Crippen LogP contribution in [-0.4, -0.2) is 21.0 Å². The number of ether oxygens (including phenoxy) is 1. The third-order valence-electron chi connectivity index (χ3n) is 2.53. The van der Waals surface area contributed by atoms with Gasteiger partial charge in [0.1, 0.15) is 10.2 Å². The molecule has 0 unspecified atom stereocenters. The van der Waals surface area contributed by atoms with Crippen molar-refractivity contribution in [2.24, 2.45) is 10.9 Å². The number of pyridine rings is 1. The fourth-order valence-electron chi connectivity index (χ4n) is 1.56. The molecular formula is C12H9BrN4O4. The number of aromatic nitrogens is 1. The van der Waals surface area contributed by atoms with Crippen LogP contribution in [0.2, 0.25) is 0 Å². The van der Waals surface area contributed by atoms with Crippen molar-refractivity contribution in [3.63, 3.8) is 0 Å². The van der Waals surface area contributed by atoms with E-state index < -0.39 is 4.92 Å². The average molecular weight is 353 g/mol. The lowest BCUT2D eigenvalue weighted by atomic mass is 10.2. The maximum atomic E-state index is 10.9. The SMILES string of the molecule is N/C(=N/O)c1ccncc1Oc1cccc([N+](=O)[O-])c1Br. The molecule has 0 fully saturated rings. The molecule has 2 aromatic rings. The topological polar surface area (TPSA) is 124 Å². The van der Waals surface area contributed by atoms with Gasteiger partial charge in [-0.25, -0.2) is 0 Å². The van der Waals surface area contributed by atoms with E-state index in [2.05, 4.69) is 26.1 Å². The van der Waals surface area contributed by atoms with Crippen LogP contribution in [0.3, 0.4) is 0 Å². The number of amidine groups is 1. The molecule has 9 heteroatoms. The molecule has 1 aromatic carbocycles. The van der Waals surface area contributed by atoms with Gasteiger partial charge >= 0.3 is 0 Å². The molecular weight excluding hydrogens is 344 g/mol. The summed E-state index contributed by atoms with van der Waals surface area (Å²) in [5.41, 5.74) is 5.71. The van der Waals surface area contributed by atoms with E-state index in [1.54, 1.807) is 6.07 Å². The number of rotatable bonds is 4. The average Bonchev–Trinajstić information content (AvgIpc) is 2.49. The maximum Gasteiger partial charge on any atom is 0.287 e. The van der Waals surface area contributed by atoms with E-state index in [-0.39, 0.29) is 27.5 Å². The lowest BCUT2D eigenvalue weighted by Gasteiger charge is -2.10. The molecule has 0 bridgehead atoms. The van der Waals surface area contributed by atoms with Crippen LogP contribution in [0.15, 0.2) is 46.3 Å². The van der Waals surface area contributed by atoms with Crippen LogP contribution in [0, 0.1) is 10.1 Å². The Bertz CT molecular complexity index is 720. The molecule has 0 radical (unpaired) electrons. The first kappa shape index (κ1) is 14.7. The van der Waals surface area contributed by atoms with Crippen molar-refractivity contribution in [2.45, 2.75) is 0 Å². The first-order valence-electron chi connectivity index (χ1n) is 5.57. The van der Waals surface area contributed by atoms with Crippen LogP contribution in [0.1, 0.15) is 5.56 Å². The third kappa shape index (κ3) is 3.08. The van der Waals surface area contributed by atoms with Gasteiger partial charge in [-0.2, -0.15) is 0 Å². The number of hydrogen-bond acceptors (Lipinski definition) is 6. The van der Waals surface area contributed by atoms with E-state index in [1.807, 2.05) is 0 Å². The van der Waals surface area contributed by atoms with E-state index in [1.165, 1.54) is 30.6 Å². The highest BCUT2D eigenvalue weighted by Crippen LogP contribution is 2.37. The molecule has 2 rings (SSSR count). The molecule has 0 aliphatic heterocycles. The summed E-state index contributed by atoms with van der Waals surface area (Å²) < 4.78 is 5.75. The fourth-order valence-corrected chi connectivity index (χ4v) is 2.05. The Hall–Kier alpha value is -2.68. The molecule has 0 amide bonds. The summed E-state index contributed by atoms with van der Waals surface area (Å²) in [5, 5.41) is 22.5. The number of nitro groups is 1. The van der Waals surface area contributed by atoms with E-state index >= 15 is 0 Å². The van der Waals surface area contributed by atoms with Gasteiger partial charge in [-0.15, -0.1) is 0 Å². The number of benzene rings is 1. The van der Waals surface area contributed by atoms with Crippen LogP contribution in [0.25, 0.3) is 0 Å². The second kappa shape index (κ2) is 6.18. The smallest absolute Gasteiger partial charge is 0.287 e. The zero-order valence-electron chi connectivity index (χ0n) is 10.4. The van der Waals surface area contributed by atoms with E-state index in [4.69, 9.17) is 15.7 Å². The summed E-state index contributed by atoms with van der Waals surface area (Å²) in [6, 6.07) is 5.86. The standard InChI is InChI=1S/C12H9BrN4O4/c13-11-8(17(19)20)2-1-3-9(11)21-10-6-15-5-4-7(10)12(14)16-18/h1-6,18H,(H2,14,16). The largest absolute Gasteiger partial charge is 0.454 e. The summed E-state index contributed by atoms with van der Waals surface area (Å²) in [6.07, 6.45) is 2.81. The molecule has 1 aromatic heterocycles. The molecule has 1 heterocycles. The monoisotopic (exact) mass is 352 g/mol. The summed E-state index contributed by atoms with van der Waals surface area (Å²) >= 11 is 3.12. The molecule has 0 spiro atoms. The first-order chi connectivity index (χ1) is 10.0. The minimum atomic E-state index is -0.537. The highest BCUT2D eigenvalue weighted by molar-refractivity contribution is 9.10. The third-order valence-corrected chi connectivity index (χ3v) is 3.32. The van der Waals surface area contributed by atoms with Crippen molar-refractivity contribution in [1.82, 2.24) is 4.98 Å². The van der Waals surface area contributed by atoms with Crippen molar-refractivity contribution in [1.29, 1.82) is 0 Å². The van der Waals surface area contributed by atoms with Gasteiger partial charge in [-0.3, -0.25) is 15.1 Å². The maximum absolute atomic E-state index is 10.9. The van der Waals surface area contributed by atoms with E-state index in [0.29, 0.717) is 5.56 Å². The number of halogens is 1. The normalized spacial score (nSPS) is 11.2. The zero-order chi connectivity index (χ0) is 15.4. The van der Waals surface area contributed by atoms with Crippen LogP contribution in [-0.2, 0) is 0 Å². The van der Waals surface area contributed by atoms with Crippen molar-refractivity contribution < 1.29 is 14.9 Å². The number of oxime groups is 1. The van der Waals surface area contributed by atoms with E-state index in [9.17, 15) is 10.1 Å². The zero-order valence-corrected chi connectivity index (χ0v) is 12.0. The van der Waals surface area contributed by atoms with Gasteiger partial charge in [0.15, 0.2) is 11.6 Å². The Kier molecular flexibility index (Phi) is 4.33. The van der Waals surface area contributed by atoms with Crippen LogP contribution in [0.4, 0.5) is 5.69 Å². The van der Waals surface area contributed by atoms with Gasteiger partial charge in [0.25, 0.3) is 5.69 Å². The summed E-state index contributed by atoms with van der Waals surface area (Å²) in [5.74, 6) is 0.257. The van der Waals surface area contributed by atoms with Crippen LogP contribution < -0.4 is 10.5 Å². The molecule has 0 saturated heterocycles. The molecule has 0 saturated carbocycles. The van der Waals surface area contributed by atoms with Crippen molar-refractivity contribution >= 4 is 27.5 Å². The second-order valence-electron chi connectivity index (χ2n) is 3.81. The number of hydrogen-bond donors (Lipinski definition) is 2. The predicted octanol–water partition coefficient (Wildman–Crippen LogP) is 2.64. The van der Waals surface area contributed by atoms with Crippen molar-refractivity contribution in [3.8, 4) is 11.5 Å². The summed E-state index contributed by atoms with van der Waals surface area (Å²) in [7, 11) is 0. The molecule has 0 aliphatic carbocycles. The number of nitrogens with two attached hydrogens (primary N) is 1. The Morgan fingerprint density at radius 2 is 2.19 bits per heavy atom. The fraction of sp³-hybridized carbons (Fsp3) is 0. The highest BCUT2D eigenvalue weighted by Gasteiger charge is 2.18. The Morgan fingerprint density at radius 1 is 1.43 bits per heavy atom. The molecule has 108 valence electrons. The van der Waals surface area contributed by atoms with Crippen LogP contribution >= 0.6 is 15.9 Å². The second-order valence-corrected chi connectivity index (χ2v) is 4.60. The van der Waals surface area contributed by atoms with Gasteiger partial charge in [0, 0.05) is 12.3 Å². The Morgan fingerprint density at radius 3 is 2.86 bits per heavy atom. The molecule has 21 heavy (non-hydrogen) atoms. The lowest BCUT2D eigenvalue weighted by Crippen LogP contribution is -2.14. The number of nitrogens with zero attached hydrogens (tertiary/aromatic N) is 3. The lowest BCUT2D eigenvalue weighted by molar-refractivity contribution is -0.385. The van der Waals surface area contributed by atoms with Crippen molar-refractivity contribution in [2.75, 3.05) is 0 Å². The number of nitro benzene ring substituents is 1. The predicted molar refractivity (Wildman–Crippen MR) is 77.6 cm³/mol. The van der Waals surface area contributed by atoms with E-state index in [0.717, 1.165) is 0 Å². The minimum Gasteiger partial charge on any atom is -0.454 e. The van der Waals surface area contributed by atoms with Gasteiger partial charge in [0.05, 0.1) is 16.7 Å². The molecule has 8 nitrogen and oxygen atoms in total. The van der Waals surface area contributed by atoms with Gasteiger partial charge in [0.2, 0.25) is 0 Å². The van der Waals surface area contributed by atoms with Crippen molar-refractivity contribution in [3.05, 3.63) is 56.8 Å². The Labute approximate surface area is 127 Å². The van der Waals surface area contributed by atoms with Gasteiger partial charge in [-0.05, 0) is 28.1 Å². The first-order valence-corrected chi connectivity index (χ1v) is 6.36. The molecule has 3 N–H and O–H groups in total. The molecule has 0 aliphatic rings. The van der Waals surface area contributed by atoms with Crippen LogP contribution in [0.5, 0.6) is 11.5 Å². The summed E-state index contributed by atoms with van der Waals surface area (Å²) in [6.45, 7) is 0. The Balaban J connectivity index is 2.44.